The molecule has 2 heterocycles. The summed E-state index contributed by atoms with van der Waals surface area (Å²) in [5, 5.41) is 3.55. The number of nitrogens with zero attached hydrogens (tertiary/aromatic N) is 3. The molecule has 1 N–H and O–H groups in total. The summed E-state index contributed by atoms with van der Waals surface area (Å²) in [6.07, 6.45) is 3.14. The Kier molecular flexibility index (Phi) is 8.17. The van der Waals surface area contributed by atoms with Crippen LogP contribution < -0.4 is 5.32 Å². The number of halogens is 1. The van der Waals surface area contributed by atoms with Crippen LogP contribution in [-0.4, -0.2) is 34.5 Å². The largest absolute Gasteiger partial charge is 0.467 e. The van der Waals surface area contributed by atoms with Crippen LogP contribution in [0.1, 0.15) is 29.5 Å². The summed E-state index contributed by atoms with van der Waals surface area (Å²) in [6, 6.07) is 19.0. The van der Waals surface area contributed by atoms with E-state index < -0.39 is 21.4 Å². The molecule has 2 aromatic carbocycles. The van der Waals surface area contributed by atoms with Crippen molar-refractivity contribution in [2.75, 3.05) is 6.54 Å². The summed E-state index contributed by atoms with van der Waals surface area (Å²) in [5.74, 6) is -0.337. The lowest BCUT2D eigenvalue weighted by Gasteiger charge is -2.25. The SMILES string of the molecule is CCNC(=S)N(Cc1ccco1)Cc1cnc(S(=O)(=O)Cc2ccccc2F)n1Cc1ccccc1. The highest BCUT2D eigenvalue weighted by atomic mass is 32.2. The topological polar surface area (TPSA) is 80.4 Å². The second kappa shape index (κ2) is 11.5. The summed E-state index contributed by atoms with van der Waals surface area (Å²) in [4.78, 5) is 6.20. The number of rotatable bonds is 10. The van der Waals surface area contributed by atoms with E-state index in [9.17, 15) is 12.8 Å². The van der Waals surface area contributed by atoms with Crippen LogP contribution in [0.2, 0.25) is 0 Å². The van der Waals surface area contributed by atoms with E-state index in [2.05, 4.69) is 10.3 Å². The predicted octanol–water partition coefficient (Wildman–Crippen LogP) is 4.53. The van der Waals surface area contributed by atoms with Gasteiger partial charge in [-0.2, -0.15) is 0 Å². The molecule has 7 nitrogen and oxygen atoms in total. The summed E-state index contributed by atoms with van der Waals surface area (Å²) in [6.45, 7) is 3.56. The van der Waals surface area contributed by atoms with Gasteiger partial charge < -0.3 is 19.2 Å². The van der Waals surface area contributed by atoms with Crippen molar-refractivity contribution in [3.05, 3.63) is 108 Å². The highest BCUT2D eigenvalue weighted by molar-refractivity contribution is 7.90. The third-order valence-corrected chi connectivity index (χ3v) is 7.54. The third-order valence-electron chi connectivity index (χ3n) is 5.56. The van der Waals surface area contributed by atoms with E-state index in [0.717, 1.165) is 11.3 Å². The molecule has 0 radical (unpaired) electrons. The Morgan fingerprint density at radius 3 is 2.53 bits per heavy atom. The van der Waals surface area contributed by atoms with Crippen LogP contribution >= 0.6 is 12.2 Å². The number of aromatic nitrogens is 2. The molecule has 0 bridgehead atoms. The Balaban J connectivity index is 1.71. The van der Waals surface area contributed by atoms with Crippen LogP contribution in [0.4, 0.5) is 4.39 Å². The monoisotopic (exact) mass is 526 g/mol. The maximum atomic E-state index is 14.3. The van der Waals surface area contributed by atoms with E-state index in [-0.39, 0.29) is 17.3 Å². The van der Waals surface area contributed by atoms with Crippen molar-refractivity contribution < 1.29 is 17.2 Å². The van der Waals surface area contributed by atoms with Crippen LogP contribution in [0.25, 0.3) is 0 Å². The predicted molar refractivity (Wildman–Crippen MR) is 139 cm³/mol. The average molecular weight is 527 g/mol. The first-order valence-corrected chi connectivity index (χ1v) is 13.5. The lowest BCUT2D eigenvalue weighted by Crippen LogP contribution is -2.39. The second-order valence-electron chi connectivity index (χ2n) is 8.23. The van der Waals surface area contributed by atoms with Crippen molar-refractivity contribution in [1.29, 1.82) is 0 Å². The van der Waals surface area contributed by atoms with Gasteiger partial charge >= 0.3 is 0 Å². The number of thiocarbonyl (C=S) groups is 1. The van der Waals surface area contributed by atoms with Crippen LogP contribution in [0.15, 0.2) is 88.8 Å². The van der Waals surface area contributed by atoms with Gasteiger partial charge in [0.1, 0.15) is 11.6 Å². The van der Waals surface area contributed by atoms with Gasteiger partial charge in [-0.1, -0.05) is 48.5 Å². The Labute approximate surface area is 215 Å². The Bertz CT molecular complexity index is 1400. The Morgan fingerprint density at radius 2 is 1.83 bits per heavy atom. The fourth-order valence-corrected chi connectivity index (χ4v) is 5.61. The zero-order chi connectivity index (χ0) is 25.5. The minimum absolute atomic E-state index is 0.0982. The number of sulfone groups is 1. The lowest BCUT2D eigenvalue weighted by molar-refractivity contribution is 0.343. The molecule has 0 saturated carbocycles. The van der Waals surface area contributed by atoms with Crippen molar-refractivity contribution >= 4 is 27.2 Å². The van der Waals surface area contributed by atoms with Gasteiger partial charge in [-0.15, -0.1) is 0 Å². The normalized spacial score (nSPS) is 11.4. The number of nitrogens with one attached hydrogen (secondary N) is 1. The molecule has 4 aromatic rings. The van der Waals surface area contributed by atoms with Crippen LogP contribution in [0.5, 0.6) is 0 Å². The number of furan rings is 1. The zero-order valence-corrected chi connectivity index (χ0v) is 21.4. The standard InChI is InChI=1S/C26H27FN4O3S2/c1-2-28-25(35)30(18-23-12-8-14-34-23)17-22-15-29-26(31(22)16-20-9-4-3-5-10-20)36(32,33)19-21-11-6-7-13-24(21)27/h3-15H,2,16-19H2,1H3,(H,28,35). The zero-order valence-electron chi connectivity index (χ0n) is 19.8. The third kappa shape index (κ3) is 6.19. The second-order valence-corrected chi connectivity index (χ2v) is 10.5. The smallest absolute Gasteiger partial charge is 0.228 e. The quantitative estimate of drug-likeness (QED) is 0.304. The van der Waals surface area contributed by atoms with E-state index in [1.807, 2.05) is 48.2 Å². The van der Waals surface area contributed by atoms with Crippen molar-refractivity contribution in [2.45, 2.75) is 37.5 Å². The van der Waals surface area contributed by atoms with Crippen molar-refractivity contribution in [3.8, 4) is 0 Å². The first-order valence-electron chi connectivity index (χ1n) is 11.5. The van der Waals surface area contributed by atoms with Gasteiger partial charge in [-0.3, -0.25) is 0 Å². The van der Waals surface area contributed by atoms with Gasteiger partial charge in [-0.05, 0) is 42.9 Å². The molecule has 188 valence electrons. The fraction of sp³-hybridized carbons (Fsp3) is 0.231. The van der Waals surface area contributed by atoms with E-state index in [0.29, 0.717) is 30.4 Å². The van der Waals surface area contributed by atoms with Gasteiger partial charge in [0.25, 0.3) is 0 Å². The highest BCUT2D eigenvalue weighted by Gasteiger charge is 2.26. The molecule has 0 aliphatic rings. The van der Waals surface area contributed by atoms with E-state index in [1.165, 1.54) is 18.2 Å². The van der Waals surface area contributed by atoms with E-state index in [4.69, 9.17) is 16.6 Å². The minimum atomic E-state index is -3.96. The van der Waals surface area contributed by atoms with Crippen molar-refractivity contribution in [2.24, 2.45) is 0 Å². The van der Waals surface area contributed by atoms with Crippen LogP contribution in [0.3, 0.4) is 0 Å². The lowest BCUT2D eigenvalue weighted by atomic mass is 10.2. The minimum Gasteiger partial charge on any atom is -0.467 e. The molecule has 4 rings (SSSR count). The number of imidazole rings is 1. The molecule has 0 atom stereocenters. The van der Waals surface area contributed by atoms with Crippen molar-refractivity contribution in [3.63, 3.8) is 0 Å². The summed E-state index contributed by atoms with van der Waals surface area (Å²) in [5.41, 5.74) is 1.66. The average Bonchev–Trinajstić information content (AvgIpc) is 3.51. The Morgan fingerprint density at radius 1 is 1.08 bits per heavy atom. The first-order chi connectivity index (χ1) is 17.4. The number of hydrogen-bond acceptors (Lipinski definition) is 5. The van der Waals surface area contributed by atoms with Gasteiger partial charge in [0.2, 0.25) is 15.0 Å². The van der Waals surface area contributed by atoms with Gasteiger partial charge in [-0.25, -0.2) is 17.8 Å². The molecule has 36 heavy (non-hydrogen) atoms. The maximum Gasteiger partial charge on any atom is 0.228 e. The molecule has 0 saturated heterocycles. The Hall–Kier alpha value is -3.50. The molecule has 0 amide bonds. The molecule has 0 aliphatic heterocycles. The summed E-state index contributed by atoms with van der Waals surface area (Å²) in [7, 11) is -3.96. The summed E-state index contributed by atoms with van der Waals surface area (Å²) >= 11 is 5.58. The molecule has 0 spiro atoms. The number of hydrogen-bond donors (Lipinski definition) is 1. The van der Waals surface area contributed by atoms with E-state index >= 15 is 0 Å². The highest BCUT2D eigenvalue weighted by Crippen LogP contribution is 2.22. The molecule has 0 fully saturated rings. The number of benzene rings is 2. The maximum absolute atomic E-state index is 14.3. The van der Waals surface area contributed by atoms with Gasteiger partial charge in [0.15, 0.2) is 5.11 Å². The van der Waals surface area contributed by atoms with Gasteiger partial charge in [0.05, 0.1) is 43.5 Å². The molecule has 0 unspecified atom stereocenters. The first kappa shape index (κ1) is 25.6. The fourth-order valence-electron chi connectivity index (χ4n) is 3.83. The van der Waals surface area contributed by atoms with Crippen LogP contribution in [0, 0.1) is 5.82 Å². The molecule has 0 aliphatic carbocycles. The summed E-state index contributed by atoms with van der Waals surface area (Å²) < 4.78 is 48.3. The molecular formula is C26H27FN4O3S2. The van der Waals surface area contributed by atoms with Gasteiger partial charge in [0, 0.05) is 12.1 Å². The van der Waals surface area contributed by atoms with Crippen LogP contribution in [-0.2, 0) is 35.2 Å². The van der Waals surface area contributed by atoms with E-state index in [1.54, 1.807) is 29.2 Å². The molecule has 10 heteroatoms. The molecular weight excluding hydrogens is 499 g/mol. The molecule has 2 aromatic heterocycles. The van der Waals surface area contributed by atoms with Crippen molar-refractivity contribution in [1.82, 2.24) is 19.8 Å².